The molecule has 0 saturated carbocycles. The van der Waals surface area contributed by atoms with Crippen LogP contribution >= 0.6 is 23.2 Å². The lowest BCUT2D eigenvalue weighted by atomic mass is 10.1. The van der Waals surface area contributed by atoms with Crippen LogP contribution in [0.3, 0.4) is 0 Å². The number of hydrogen-bond donors (Lipinski definition) is 2. The minimum Gasteiger partial charge on any atom is -0.387 e. The molecule has 0 aliphatic rings. The van der Waals surface area contributed by atoms with Crippen LogP contribution in [0.5, 0.6) is 0 Å². The maximum absolute atomic E-state index is 10.1. The van der Waals surface area contributed by atoms with Crippen molar-refractivity contribution in [3.8, 4) is 0 Å². The van der Waals surface area contributed by atoms with Gasteiger partial charge in [-0.1, -0.05) is 35.3 Å². The summed E-state index contributed by atoms with van der Waals surface area (Å²) in [5.74, 6) is 0. The molecule has 0 bridgehead atoms. The molecule has 0 amide bonds. The van der Waals surface area contributed by atoms with Crippen LogP contribution in [-0.2, 0) is 0 Å². The summed E-state index contributed by atoms with van der Waals surface area (Å²) in [6.45, 7) is 2.41. The van der Waals surface area contributed by atoms with Crippen LogP contribution < -0.4 is 5.32 Å². The number of pyridine rings is 1. The maximum atomic E-state index is 10.1. The molecule has 2 N–H and O–H groups in total. The molecule has 0 spiro atoms. The second-order valence-corrected chi connectivity index (χ2v) is 5.44. The summed E-state index contributed by atoms with van der Waals surface area (Å²) < 4.78 is 0. The van der Waals surface area contributed by atoms with Crippen molar-refractivity contribution >= 4 is 23.2 Å². The number of aromatic nitrogens is 1. The average Bonchev–Trinajstić information content (AvgIpc) is 2.45. The van der Waals surface area contributed by atoms with E-state index in [9.17, 15) is 5.11 Å². The van der Waals surface area contributed by atoms with E-state index in [0.29, 0.717) is 16.6 Å². The third-order valence-electron chi connectivity index (χ3n) is 3.12. The largest absolute Gasteiger partial charge is 0.387 e. The van der Waals surface area contributed by atoms with Gasteiger partial charge >= 0.3 is 0 Å². The second-order valence-electron chi connectivity index (χ2n) is 4.60. The van der Waals surface area contributed by atoms with E-state index in [0.717, 1.165) is 11.1 Å². The summed E-state index contributed by atoms with van der Waals surface area (Å²) in [4.78, 5) is 3.99. The molecule has 0 aliphatic heterocycles. The summed E-state index contributed by atoms with van der Waals surface area (Å²) in [6, 6.07) is 9.08. The molecular weight excluding hydrogens is 295 g/mol. The number of aliphatic hydroxyl groups excluding tert-OH is 1. The summed E-state index contributed by atoms with van der Waals surface area (Å²) in [6.07, 6.45) is 2.74. The van der Waals surface area contributed by atoms with Crippen LogP contribution in [0.4, 0.5) is 0 Å². The van der Waals surface area contributed by atoms with Gasteiger partial charge in [0.15, 0.2) is 0 Å². The first kappa shape index (κ1) is 15.3. The third kappa shape index (κ3) is 3.93. The first-order chi connectivity index (χ1) is 9.58. The molecule has 1 aromatic heterocycles. The Hall–Kier alpha value is -1.13. The predicted molar refractivity (Wildman–Crippen MR) is 82.1 cm³/mol. The molecule has 0 fully saturated rings. The smallest absolute Gasteiger partial charge is 0.0929 e. The van der Waals surface area contributed by atoms with Gasteiger partial charge in [0.2, 0.25) is 0 Å². The number of benzene rings is 1. The zero-order valence-electron chi connectivity index (χ0n) is 11.1. The molecule has 0 saturated heterocycles. The summed E-state index contributed by atoms with van der Waals surface area (Å²) in [5, 5.41) is 14.6. The quantitative estimate of drug-likeness (QED) is 0.883. The summed E-state index contributed by atoms with van der Waals surface area (Å²) in [7, 11) is 0. The number of nitrogens with one attached hydrogen (secondary N) is 1. The van der Waals surface area contributed by atoms with Crippen LogP contribution in [0.2, 0.25) is 10.0 Å². The number of aliphatic hydroxyl groups is 1. The molecule has 2 rings (SSSR count). The van der Waals surface area contributed by atoms with E-state index in [1.807, 2.05) is 19.1 Å². The first-order valence-electron chi connectivity index (χ1n) is 6.34. The molecule has 1 heterocycles. The van der Waals surface area contributed by atoms with E-state index < -0.39 is 6.10 Å². The molecule has 3 nitrogen and oxygen atoms in total. The summed E-state index contributed by atoms with van der Waals surface area (Å²) >= 11 is 12.0. The Morgan fingerprint density at radius 1 is 1.30 bits per heavy atom. The number of halogens is 2. The van der Waals surface area contributed by atoms with E-state index >= 15 is 0 Å². The van der Waals surface area contributed by atoms with Crippen LogP contribution in [0.25, 0.3) is 0 Å². The number of nitrogens with zero attached hydrogens (tertiary/aromatic N) is 1. The van der Waals surface area contributed by atoms with Crippen molar-refractivity contribution in [2.45, 2.75) is 19.1 Å². The fourth-order valence-electron chi connectivity index (χ4n) is 1.94. The lowest BCUT2D eigenvalue weighted by molar-refractivity contribution is 0.170. The third-order valence-corrected chi connectivity index (χ3v) is 3.68. The van der Waals surface area contributed by atoms with Gasteiger partial charge in [0.25, 0.3) is 0 Å². The van der Waals surface area contributed by atoms with E-state index in [1.54, 1.807) is 30.6 Å². The molecule has 2 aromatic rings. The maximum Gasteiger partial charge on any atom is 0.0929 e. The lowest BCUT2D eigenvalue weighted by Gasteiger charge is -2.18. The van der Waals surface area contributed by atoms with Gasteiger partial charge in [0.05, 0.1) is 6.10 Å². The lowest BCUT2D eigenvalue weighted by Crippen LogP contribution is -2.25. The predicted octanol–water partition coefficient (Wildman–Crippen LogP) is 3.77. The Bertz CT molecular complexity index is 563. The fourth-order valence-corrected chi connectivity index (χ4v) is 2.51. The van der Waals surface area contributed by atoms with Gasteiger partial charge in [0, 0.05) is 40.6 Å². The van der Waals surface area contributed by atoms with E-state index in [1.165, 1.54) is 0 Å². The first-order valence-corrected chi connectivity index (χ1v) is 7.10. The monoisotopic (exact) mass is 310 g/mol. The van der Waals surface area contributed by atoms with Gasteiger partial charge in [-0.25, -0.2) is 0 Å². The molecular formula is C15H16Cl2N2O. The van der Waals surface area contributed by atoms with Gasteiger partial charge in [-0.3, -0.25) is 4.98 Å². The van der Waals surface area contributed by atoms with Crippen LogP contribution in [0.1, 0.15) is 30.2 Å². The van der Waals surface area contributed by atoms with Gasteiger partial charge in [-0.2, -0.15) is 0 Å². The van der Waals surface area contributed by atoms with E-state index in [-0.39, 0.29) is 6.04 Å². The van der Waals surface area contributed by atoms with Crippen molar-refractivity contribution in [3.63, 3.8) is 0 Å². The molecule has 2 atom stereocenters. The Kier molecular flexibility index (Phi) is 5.38. The SMILES string of the molecule is C[C@@H](NC[C@H](O)c1cccnc1)c1ccc(Cl)cc1Cl. The van der Waals surface area contributed by atoms with Crippen molar-refractivity contribution in [3.05, 3.63) is 63.9 Å². The summed E-state index contributed by atoms with van der Waals surface area (Å²) in [5.41, 5.74) is 1.74. The second kappa shape index (κ2) is 7.04. The van der Waals surface area contributed by atoms with Crippen LogP contribution in [-0.4, -0.2) is 16.6 Å². The van der Waals surface area contributed by atoms with Gasteiger partial charge < -0.3 is 10.4 Å². The standard InChI is InChI=1S/C15H16Cl2N2O/c1-10(13-5-4-12(16)7-14(13)17)19-9-15(20)11-3-2-6-18-8-11/h2-8,10,15,19-20H,9H2,1H3/t10-,15+/m1/s1. The molecule has 20 heavy (non-hydrogen) atoms. The highest BCUT2D eigenvalue weighted by atomic mass is 35.5. The van der Waals surface area contributed by atoms with Gasteiger partial charge in [-0.15, -0.1) is 0 Å². The average molecular weight is 311 g/mol. The van der Waals surface area contributed by atoms with Crippen molar-refractivity contribution < 1.29 is 5.11 Å². The molecule has 0 radical (unpaired) electrons. The number of rotatable bonds is 5. The Balaban J connectivity index is 1.96. The normalized spacial score (nSPS) is 14.0. The fraction of sp³-hybridized carbons (Fsp3) is 0.267. The minimum absolute atomic E-state index is 0.0195. The highest BCUT2D eigenvalue weighted by Crippen LogP contribution is 2.26. The Morgan fingerprint density at radius 2 is 2.10 bits per heavy atom. The minimum atomic E-state index is -0.600. The molecule has 106 valence electrons. The van der Waals surface area contributed by atoms with Crippen molar-refractivity contribution in [2.24, 2.45) is 0 Å². The molecule has 1 aromatic carbocycles. The Labute approximate surface area is 128 Å². The van der Waals surface area contributed by atoms with Crippen molar-refractivity contribution in [1.29, 1.82) is 0 Å². The highest BCUT2D eigenvalue weighted by molar-refractivity contribution is 6.35. The van der Waals surface area contributed by atoms with Crippen molar-refractivity contribution in [2.75, 3.05) is 6.54 Å². The van der Waals surface area contributed by atoms with E-state index in [4.69, 9.17) is 23.2 Å². The molecule has 0 aliphatic carbocycles. The number of hydrogen-bond acceptors (Lipinski definition) is 3. The van der Waals surface area contributed by atoms with Gasteiger partial charge in [-0.05, 0) is 30.7 Å². The zero-order chi connectivity index (χ0) is 14.5. The van der Waals surface area contributed by atoms with Crippen LogP contribution in [0, 0.1) is 0 Å². The van der Waals surface area contributed by atoms with Crippen LogP contribution in [0.15, 0.2) is 42.7 Å². The molecule has 0 unspecified atom stereocenters. The Morgan fingerprint density at radius 3 is 2.75 bits per heavy atom. The molecule has 5 heteroatoms. The van der Waals surface area contributed by atoms with Crippen molar-refractivity contribution in [1.82, 2.24) is 10.3 Å². The van der Waals surface area contributed by atoms with E-state index in [2.05, 4.69) is 10.3 Å². The zero-order valence-corrected chi connectivity index (χ0v) is 12.6. The topological polar surface area (TPSA) is 45.1 Å². The van der Waals surface area contributed by atoms with Gasteiger partial charge in [0.1, 0.15) is 0 Å². The highest BCUT2D eigenvalue weighted by Gasteiger charge is 2.13.